The standard InChI is InChI=1S/C19H18N2/c1-13-10-11-17-16(12-13)15-8-5-9-18(19(15)21-17)20-14-6-3-2-4-7-14/h2-4,6-7,10-12,21H,5,8-9H2,1H3. The molecule has 0 amide bonds. The lowest BCUT2D eigenvalue weighted by Gasteiger charge is -2.14. The smallest absolute Gasteiger partial charge is 0.0648 e. The summed E-state index contributed by atoms with van der Waals surface area (Å²) in [7, 11) is 0. The van der Waals surface area contributed by atoms with Gasteiger partial charge in [-0.25, -0.2) is 0 Å². The summed E-state index contributed by atoms with van der Waals surface area (Å²) in [6.45, 7) is 2.15. The maximum absolute atomic E-state index is 4.86. The van der Waals surface area contributed by atoms with E-state index < -0.39 is 0 Å². The molecule has 1 N–H and O–H groups in total. The number of H-pyrrole nitrogens is 1. The van der Waals surface area contributed by atoms with Crippen LogP contribution >= 0.6 is 0 Å². The number of rotatable bonds is 1. The molecule has 0 unspecified atom stereocenters. The fourth-order valence-electron chi connectivity index (χ4n) is 3.20. The Balaban J connectivity index is 1.88. The molecule has 2 aromatic carbocycles. The van der Waals surface area contributed by atoms with Crippen molar-refractivity contribution in [1.82, 2.24) is 4.98 Å². The quantitative estimate of drug-likeness (QED) is 0.651. The molecular formula is C19H18N2. The van der Waals surface area contributed by atoms with E-state index in [9.17, 15) is 0 Å². The van der Waals surface area contributed by atoms with Crippen LogP contribution in [0.2, 0.25) is 0 Å². The highest BCUT2D eigenvalue weighted by Gasteiger charge is 2.20. The van der Waals surface area contributed by atoms with Gasteiger partial charge in [-0.1, -0.05) is 29.8 Å². The van der Waals surface area contributed by atoms with E-state index in [1.807, 2.05) is 18.2 Å². The van der Waals surface area contributed by atoms with Gasteiger partial charge in [0, 0.05) is 10.9 Å². The van der Waals surface area contributed by atoms with Crippen molar-refractivity contribution in [2.75, 3.05) is 0 Å². The van der Waals surface area contributed by atoms with E-state index in [1.165, 1.54) is 39.9 Å². The first-order valence-corrected chi connectivity index (χ1v) is 7.55. The van der Waals surface area contributed by atoms with Crippen molar-refractivity contribution in [1.29, 1.82) is 0 Å². The lowest BCUT2D eigenvalue weighted by Crippen LogP contribution is -2.10. The Morgan fingerprint density at radius 1 is 1.00 bits per heavy atom. The number of aromatic amines is 1. The summed E-state index contributed by atoms with van der Waals surface area (Å²) in [6, 6.07) is 16.9. The number of fused-ring (bicyclic) bond motifs is 3. The van der Waals surface area contributed by atoms with Crippen LogP contribution in [0.4, 0.5) is 5.69 Å². The van der Waals surface area contributed by atoms with Gasteiger partial charge in [-0.2, -0.15) is 0 Å². The summed E-state index contributed by atoms with van der Waals surface area (Å²) < 4.78 is 0. The van der Waals surface area contributed by atoms with Gasteiger partial charge in [-0.05, 0) is 56.0 Å². The summed E-state index contributed by atoms with van der Waals surface area (Å²) in [6.07, 6.45) is 3.37. The zero-order chi connectivity index (χ0) is 14.2. The summed E-state index contributed by atoms with van der Waals surface area (Å²) in [5.41, 5.74) is 7.46. The van der Waals surface area contributed by atoms with Gasteiger partial charge in [0.15, 0.2) is 0 Å². The Kier molecular flexibility index (Phi) is 2.88. The van der Waals surface area contributed by atoms with Crippen molar-refractivity contribution in [2.24, 2.45) is 4.99 Å². The van der Waals surface area contributed by atoms with E-state index in [0.717, 1.165) is 18.5 Å². The second kappa shape index (κ2) is 4.88. The number of nitrogens with zero attached hydrogens (tertiary/aromatic N) is 1. The molecule has 1 aliphatic rings. The van der Waals surface area contributed by atoms with E-state index in [1.54, 1.807) is 0 Å². The Morgan fingerprint density at radius 3 is 2.71 bits per heavy atom. The molecule has 4 rings (SSSR count). The van der Waals surface area contributed by atoms with E-state index in [2.05, 4.69) is 42.2 Å². The molecule has 3 aromatic rings. The van der Waals surface area contributed by atoms with Gasteiger partial charge in [0.1, 0.15) is 0 Å². The molecule has 0 saturated heterocycles. The average molecular weight is 274 g/mol. The highest BCUT2D eigenvalue weighted by Crippen LogP contribution is 2.31. The minimum atomic E-state index is 1.04. The van der Waals surface area contributed by atoms with E-state index in [0.29, 0.717) is 0 Å². The third kappa shape index (κ3) is 2.17. The first-order valence-electron chi connectivity index (χ1n) is 7.55. The first kappa shape index (κ1) is 12.4. The predicted molar refractivity (Wildman–Crippen MR) is 88.6 cm³/mol. The number of aliphatic imine (C=N–C) groups is 1. The summed E-state index contributed by atoms with van der Waals surface area (Å²) in [5.74, 6) is 0. The molecule has 1 aliphatic carbocycles. The molecule has 104 valence electrons. The molecule has 1 heterocycles. The summed E-state index contributed by atoms with van der Waals surface area (Å²) in [4.78, 5) is 8.45. The first-order chi connectivity index (χ1) is 10.3. The van der Waals surface area contributed by atoms with Crippen LogP contribution in [0.15, 0.2) is 53.5 Å². The summed E-state index contributed by atoms with van der Waals surface area (Å²) in [5, 5.41) is 1.37. The largest absolute Gasteiger partial charge is 0.353 e. The lowest BCUT2D eigenvalue weighted by molar-refractivity contribution is 0.841. The van der Waals surface area contributed by atoms with Crippen molar-refractivity contribution in [3.8, 4) is 0 Å². The number of aryl methyl sites for hydroxylation is 2. The van der Waals surface area contributed by atoms with E-state index >= 15 is 0 Å². The molecule has 2 heteroatoms. The molecule has 0 saturated carbocycles. The van der Waals surface area contributed by atoms with Gasteiger partial charge in [0.25, 0.3) is 0 Å². The van der Waals surface area contributed by atoms with Gasteiger partial charge in [-0.15, -0.1) is 0 Å². The number of aromatic nitrogens is 1. The Morgan fingerprint density at radius 2 is 1.86 bits per heavy atom. The maximum Gasteiger partial charge on any atom is 0.0648 e. The van der Waals surface area contributed by atoms with Crippen LogP contribution in [-0.4, -0.2) is 10.7 Å². The van der Waals surface area contributed by atoms with Gasteiger partial charge < -0.3 is 4.98 Å². The summed E-state index contributed by atoms with van der Waals surface area (Å²) >= 11 is 0. The van der Waals surface area contributed by atoms with Crippen LogP contribution < -0.4 is 0 Å². The van der Waals surface area contributed by atoms with Crippen LogP contribution in [0, 0.1) is 6.92 Å². The second-order valence-electron chi connectivity index (χ2n) is 5.78. The zero-order valence-electron chi connectivity index (χ0n) is 12.2. The number of hydrogen-bond donors (Lipinski definition) is 1. The second-order valence-corrected chi connectivity index (χ2v) is 5.78. The molecule has 0 radical (unpaired) electrons. The predicted octanol–water partition coefficient (Wildman–Crippen LogP) is 4.93. The van der Waals surface area contributed by atoms with Crippen LogP contribution in [-0.2, 0) is 6.42 Å². The Hall–Kier alpha value is -2.35. The van der Waals surface area contributed by atoms with Crippen molar-refractivity contribution in [3.05, 3.63) is 65.4 Å². The van der Waals surface area contributed by atoms with Crippen molar-refractivity contribution >= 4 is 22.3 Å². The molecule has 0 fully saturated rings. The average Bonchev–Trinajstić information content (AvgIpc) is 2.88. The van der Waals surface area contributed by atoms with Gasteiger partial charge >= 0.3 is 0 Å². The zero-order valence-corrected chi connectivity index (χ0v) is 12.2. The third-order valence-electron chi connectivity index (χ3n) is 4.21. The topological polar surface area (TPSA) is 28.1 Å². The SMILES string of the molecule is Cc1ccc2[nH]c3c(c2c1)CCCC3=Nc1ccccc1. The van der Waals surface area contributed by atoms with Gasteiger partial charge in [-0.3, -0.25) is 4.99 Å². The van der Waals surface area contributed by atoms with E-state index in [4.69, 9.17) is 4.99 Å². The maximum atomic E-state index is 4.86. The number of para-hydroxylation sites is 1. The van der Waals surface area contributed by atoms with Gasteiger partial charge in [0.05, 0.1) is 17.1 Å². The van der Waals surface area contributed by atoms with Crippen molar-refractivity contribution in [3.63, 3.8) is 0 Å². The minimum absolute atomic E-state index is 1.04. The van der Waals surface area contributed by atoms with Crippen LogP contribution in [0.3, 0.4) is 0 Å². The molecule has 0 atom stereocenters. The third-order valence-corrected chi connectivity index (χ3v) is 4.21. The lowest BCUT2D eigenvalue weighted by atomic mass is 9.93. The molecule has 2 nitrogen and oxygen atoms in total. The Bertz CT molecular complexity index is 825. The monoisotopic (exact) mass is 274 g/mol. The molecule has 0 spiro atoms. The fraction of sp³-hybridized carbons (Fsp3) is 0.211. The van der Waals surface area contributed by atoms with Crippen molar-refractivity contribution < 1.29 is 0 Å². The molecular weight excluding hydrogens is 256 g/mol. The van der Waals surface area contributed by atoms with Crippen LogP contribution in [0.1, 0.15) is 29.7 Å². The molecule has 1 aromatic heterocycles. The van der Waals surface area contributed by atoms with Crippen LogP contribution in [0.5, 0.6) is 0 Å². The normalized spacial score (nSPS) is 16.3. The van der Waals surface area contributed by atoms with Crippen molar-refractivity contribution in [2.45, 2.75) is 26.2 Å². The molecule has 0 bridgehead atoms. The minimum Gasteiger partial charge on any atom is -0.353 e. The van der Waals surface area contributed by atoms with Gasteiger partial charge in [0.2, 0.25) is 0 Å². The highest BCUT2D eigenvalue weighted by atomic mass is 14.8. The molecule has 21 heavy (non-hydrogen) atoms. The number of nitrogens with one attached hydrogen (secondary N) is 1. The molecule has 0 aliphatic heterocycles. The van der Waals surface area contributed by atoms with E-state index in [-0.39, 0.29) is 0 Å². The Labute approximate surface area is 124 Å². The van der Waals surface area contributed by atoms with Crippen LogP contribution in [0.25, 0.3) is 10.9 Å². The highest BCUT2D eigenvalue weighted by molar-refractivity contribution is 6.07. The number of benzene rings is 2. The number of hydrogen-bond acceptors (Lipinski definition) is 1. The fourth-order valence-corrected chi connectivity index (χ4v) is 3.20.